The zero-order valence-electron chi connectivity index (χ0n) is 12.0. The molecule has 1 saturated heterocycles. The van der Waals surface area contributed by atoms with Gasteiger partial charge in [0.25, 0.3) is 0 Å². The smallest absolute Gasteiger partial charge is 0.179 e. The molecule has 1 heterocycles. The Labute approximate surface area is 134 Å². The summed E-state index contributed by atoms with van der Waals surface area (Å²) < 4.78 is 23.8. The van der Waals surface area contributed by atoms with Crippen LogP contribution in [0.4, 0.5) is 0 Å². The van der Waals surface area contributed by atoms with E-state index in [1.54, 1.807) is 47.9 Å². The summed E-state index contributed by atoms with van der Waals surface area (Å²) in [4.78, 5) is 14.3. The van der Waals surface area contributed by atoms with Crippen LogP contribution in [0.2, 0.25) is 5.02 Å². The normalized spacial score (nSPS) is 22.0. The minimum atomic E-state index is -3.21. The predicted octanol–water partition coefficient (Wildman–Crippen LogP) is 2.33. The average molecular weight is 348 g/mol. The number of carbonyl (C=O) groups excluding carboxylic acids is 1. The minimum Gasteiger partial charge on any atom is -0.292 e. The van der Waals surface area contributed by atoms with E-state index < -0.39 is 21.3 Å². The van der Waals surface area contributed by atoms with E-state index in [4.69, 9.17) is 11.6 Å². The SMILES string of the molecule is CC(C(=O)c1ccc(Cl)cc1)N1CCSCC1S(C)(=O)=O. The molecule has 2 rings (SSSR count). The van der Waals surface area contributed by atoms with Crippen molar-refractivity contribution in [3.8, 4) is 0 Å². The zero-order chi connectivity index (χ0) is 15.6. The Balaban J connectivity index is 2.22. The topological polar surface area (TPSA) is 54.5 Å². The summed E-state index contributed by atoms with van der Waals surface area (Å²) in [6, 6.07) is 6.22. The number of hydrogen-bond donors (Lipinski definition) is 0. The minimum absolute atomic E-state index is 0.0767. The van der Waals surface area contributed by atoms with Crippen molar-refractivity contribution in [3.05, 3.63) is 34.9 Å². The number of rotatable bonds is 4. The molecule has 0 aliphatic carbocycles. The van der Waals surface area contributed by atoms with Crippen LogP contribution in [0.5, 0.6) is 0 Å². The fraction of sp³-hybridized carbons (Fsp3) is 0.500. The molecule has 0 radical (unpaired) electrons. The van der Waals surface area contributed by atoms with E-state index in [9.17, 15) is 13.2 Å². The van der Waals surface area contributed by atoms with E-state index in [-0.39, 0.29) is 5.78 Å². The number of nitrogens with zero attached hydrogens (tertiary/aromatic N) is 1. The summed E-state index contributed by atoms with van der Waals surface area (Å²) in [5.74, 6) is 1.27. The van der Waals surface area contributed by atoms with Crippen LogP contribution < -0.4 is 0 Å². The second-order valence-electron chi connectivity index (χ2n) is 5.14. The van der Waals surface area contributed by atoms with Crippen LogP contribution in [0.15, 0.2) is 24.3 Å². The molecule has 1 fully saturated rings. The summed E-state index contributed by atoms with van der Waals surface area (Å²) in [6.45, 7) is 2.37. The second-order valence-corrected chi connectivity index (χ2v) is 8.93. The Hall–Kier alpha value is -0.560. The van der Waals surface area contributed by atoms with Gasteiger partial charge in [-0.05, 0) is 31.2 Å². The summed E-state index contributed by atoms with van der Waals surface area (Å²) >= 11 is 7.43. The quantitative estimate of drug-likeness (QED) is 0.782. The number of thioether (sulfide) groups is 1. The van der Waals surface area contributed by atoms with Gasteiger partial charge >= 0.3 is 0 Å². The lowest BCUT2D eigenvalue weighted by Crippen LogP contribution is -2.53. The Morgan fingerprint density at radius 1 is 1.38 bits per heavy atom. The van der Waals surface area contributed by atoms with E-state index in [2.05, 4.69) is 0 Å². The number of ketones is 1. The molecule has 0 bridgehead atoms. The Kier molecular flexibility index (Phi) is 5.35. The van der Waals surface area contributed by atoms with Gasteiger partial charge in [-0.1, -0.05) is 11.6 Å². The molecule has 2 atom stereocenters. The van der Waals surface area contributed by atoms with Crippen LogP contribution in [-0.4, -0.2) is 54.8 Å². The Morgan fingerprint density at radius 3 is 2.57 bits per heavy atom. The highest BCUT2D eigenvalue weighted by Gasteiger charge is 2.36. The molecule has 4 nitrogen and oxygen atoms in total. The first-order valence-corrected chi connectivity index (χ1v) is 10.1. The number of hydrogen-bond acceptors (Lipinski definition) is 5. The highest BCUT2D eigenvalue weighted by atomic mass is 35.5. The number of Topliss-reactive ketones (excluding diaryl/α,β-unsaturated/α-hetero) is 1. The van der Waals surface area contributed by atoms with Crippen LogP contribution >= 0.6 is 23.4 Å². The monoisotopic (exact) mass is 347 g/mol. The van der Waals surface area contributed by atoms with Crippen LogP contribution in [0.3, 0.4) is 0 Å². The number of halogens is 1. The largest absolute Gasteiger partial charge is 0.292 e. The highest BCUT2D eigenvalue weighted by Crippen LogP contribution is 2.24. The Morgan fingerprint density at radius 2 is 2.00 bits per heavy atom. The molecule has 0 N–H and O–H groups in total. The van der Waals surface area contributed by atoms with Crippen molar-refractivity contribution in [1.29, 1.82) is 0 Å². The maximum absolute atomic E-state index is 12.5. The molecule has 1 aliphatic heterocycles. The molecule has 1 aromatic carbocycles. The zero-order valence-corrected chi connectivity index (χ0v) is 14.3. The standard InChI is InChI=1S/C14H18ClNO3S2/c1-10(14(17)11-3-5-12(15)6-4-11)16-7-8-20-9-13(16)21(2,18)19/h3-6,10,13H,7-9H2,1-2H3. The average Bonchev–Trinajstić information content (AvgIpc) is 2.45. The van der Waals surface area contributed by atoms with Crippen molar-refractivity contribution in [1.82, 2.24) is 4.90 Å². The first kappa shape index (κ1) is 16.8. The third-order valence-electron chi connectivity index (χ3n) is 3.62. The van der Waals surface area contributed by atoms with Crippen molar-refractivity contribution in [3.63, 3.8) is 0 Å². The molecule has 7 heteroatoms. The first-order valence-electron chi connectivity index (χ1n) is 6.63. The van der Waals surface area contributed by atoms with Gasteiger partial charge in [0, 0.05) is 34.9 Å². The summed E-state index contributed by atoms with van der Waals surface area (Å²) in [5, 5.41) is -0.0231. The third kappa shape index (κ3) is 4.00. The first-order chi connectivity index (χ1) is 9.80. The van der Waals surface area contributed by atoms with Crippen molar-refractivity contribution in [2.75, 3.05) is 24.3 Å². The summed E-state index contributed by atoms with van der Waals surface area (Å²) in [7, 11) is -3.21. The van der Waals surface area contributed by atoms with Gasteiger partial charge in [-0.3, -0.25) is 9.69 Å². The van der Waals surface area contributed by atoms with Gasteiger partial charge in [0.2, 0.25) is 0 Å². The van der Waals surface area contributed by atoms with Gasteiger partial charge in [0.15, 0.2) is 15.6 Å². The maximum atomic E-state index is 12.5. The van der Waals surface area contributed by atoms with Crippen molar-refractivity contribution in [2.24, 2.45) is 0 Å². The lowest BCUT2D eigenvalue weighted by molar-refractivity contribution is 0.0833. The van der Waals surface area contributed by atoms with Gasteiger partial charge in [-0.25, -0.2) is 8.42 Å². The second kappa shape index (κ2) is 6.69. The predicted molar refractivity (Wildman–Crippen MR) is 87.9 cm³/mol. The number of carbonyl (C=O) groups is 1. The molecule has 0 saturated carbocycles. The van der Waals surface area contributed by atoms with Crippen molar-refractivity contribution >= 4 is 39.0 Å². The highest BCUT2D eigenvalue weighted by molar-refractivity contribution is 8.00. The van der Waals surface area contributed by atoms with Crippen LogP contribution in [0, 0.1) is 0 Å². The van der Waals surface area contributed by atoms with E-state index in [1.165, 1.54) is 6.26 Å². The van der Waals surface area contributed by atoms with E-state index in [0.29, 0.717) is 22.9 Å². The summed E-state index contributed by atoms with van der Waals surface area (Å²) in [5.41, 5.74) is 0.553. The molecule has 0 amide bonds. The summed E-state index contributed by atoms with van der Waals surface area (Å²) in [6.07, 6.45) is 1.23. The molecule has 1 aromatic rings. The molecule has 21 heavy (non-hydrogen) atoms. The number of benzene rings is 1. The van der Waals surface area contributed by atoms with E-state index >= 15 is 0 Å². The third-order valence-corrected chi connectivity index (χ3v) is 6.54. The van der Waals surface area contributed by atoms with E-state index in [1.807, 2.05) is 0 Å². The molecular weight excluding hydrogens is 330 g/mol. The van der Waals surface area contributed by atoms with Crippen LogP contribution in [0.1, 0.15) is 17.3 Å². The van der Waals surface area contributed by atoms with Gasteiger partial charge in [0.05, 0.1) is 6.04 Å². The lowest BCUT2D eigenvalue weighted by Gasteiger charge is -2.37. The van der Waals surface area contributed by atoms with Gasteiger partial charge < -0.3 is 0 Å². The molecule has 1 aliphatic rings. The van der Waals surface area contributed by atoms with Crippen molar-refractivity contribution in [2.45, 2.75) is 18.3 Å². The van der Waals surface area contributed by atoms with Gasteiger partial charge in [-0.15, -0.1) is 0 Å². The number of sulfone groups is 1. The van der Waals surface area contributed by atoms with Gasteiger partial charge in [-0.2, -0.15) is 11.8 Å². The molecule has 0 spiro atoms. The molecule has 2 unspecified atom stereocenters. The fourth-order valence-electron chi connectivity index (χ4n) is 2.41. The van der Waals surface area contributed by atoms with Gasteiger partial charge in [0.1, 0.15) is 5.37 Å². The van der Waals surface area contributed by atoms with E-state index in [0.717, 1.165) is 5.75 Å². The molecule has 116 valence electrons. The van der Waals surface area contributed by atoms with Crippen LogP contribution in [0.25, 0.3) is 0 Å². The molecule has 0 aromatic heterocycles. The lowest BCUT2D eigenvalue weighted by atomic mass is 10.0. The molecular formula is C14H18ClNO3S2. The van der Waals surface area contributed by atoms with Crippen LogP contribution in [-0.2, 0) is 9.84 Å². The maximum Gasteiger partial charge on any atom is 0.179 e. The fourth-order valence-corrected chi connectivity index (χ4v) is 5.50. The Bertz CT molecular complexity index is 616. The van der Waals surface area contributed by atoms with Crippen molar-refractivity contribution < 1.29 is 13.2 Å².